The lowest BCUT2D eigenvalue weighted by Gasteiger charge is -2.00. The summed E-state index contributed by atoms with van der Waals surface area (Å²) in [7, 11) is 0. The summed E-state index contributed by atoms with van der Waals surface area (Å²) in [5.74, 6) is 0. The SMILES string of the molecule is O=Nc1ccc2c(c1)-c1cccc3cccc-2c13. The molecule has 0 unspecified atom stereocenters. The van der Waals surface area contributed by atoms with Gasteiger partial charge in [-0.1, -0.05) is 42.5 Å². The van der Waals surface area contributed by atoms with Gasteiger partial charge in [0.25, 0.3) is 0 Å². The quantitative estimate of drug-likeness (QED) is 0.429. The number of nitrogens with zero attached hydrogens (tertiary/aromatic N) is 1. The molecule has 2 nitrogen and oxygen atoms in total. The first kappa shape index (κ1) is 9.54. The molecule has 0 aliphatic heterocycles. The number of nitroso groups, excluding NO2 is 1. The summed E-state index contributed by atoms with van der Waals surface area (Å²) in [5.41, 5.74) is 5.23. The topological polar surface area (TPSA) is 29.4 Å². The number of benzene rings is 3. The van der Waals surface area contributed by atoms with Crippen molar-refractivity contribution in [2.24, 2.45) is 5.18 Å². The number of hydrogen-bond donors (Lipinski definition) is 0. The Morgan fingerprint density at radius 3 is 2.17 bits per heavy atom. The highest BCUT2D eigenvalue weighted by molar-refractivity contribution is 6.15. The Hall–Kier alpha value is -2.48. The van der Waals surface area contributed by atoms with Gasteiger partial charge in [-0.25, -0.2) is 0 Å². The smallest absolute Gasteiger partial charge is 0.108 e. The Bertz CT molecular complexity index is 800. The van der Waals surface area contributed by atoms with Crippen molar-refractivity contribution in [1.29, 1.82) is 0 Å². The second-order valence-corrected chi connectivity index (χ2v) is 4.53. The highest BCUT2D eigenvalue weighted by atomic mass is 16.3. The number of hydrogen-bond acceptors (Lipinski definition) is 2. The van der Waals surface area contributed by atoms with E-state index in [-0.39, 0.29) is 0 Å². The van der Waals surface area contributed by atoms with Crippen molar-refractivity contribution in [1.82, 2.24) is 0 Å². The molecule has 0 heterocycles. The molecule has 1 aliphatic rings. The fraction of sp³-hybridized carbons (Fsp3) is 0. The van der Waals surface area contributed by atoms with Gasteiger partial charge in [0.05, 0.1) is 0 Å². The Labute approximate surface area is 104 Å². The molecule has 0 atom stereocenters. The normalized spacial score (nSPS) is 11.6. The monoisotopic (exact) mass is 231 g/mol. The molecule has 0 bridgehead atoms. The summed E-state index contributed by atoms with van der Waals surface area (Å²) in [6, 6.07) is 18.2. The predicted octanol–water partition coefficient (Wildman–Crippen LogP) is 4.89. The summed E-state index contributed by atoms with van der Waals surface area (Å²) in [5, 5.41) is 5.54. The first-order valence-corrected chi connectivity index (χ1v) is 5.88. The van der Waals surface area contributed by atoms with Crippen LogP contribution in [0.25, 0.3) is 33.0 Å². The van der Waals surface area contributed by atoms with E-state index in [1.807, 2.05) is 12.1 Å². The van der Waals surface area contributed by atoms with E-state index >= 15 is 0 Å². The van der Waals surface area contributed by atoms with Gasteiger partial charge in [-0.15, -0.1) is 4.91 Å². The molecule has 2 heteroatoms. The lowest BCUT2D eigenvalue weighted by Crippen LogP contribution is -1.75. The van der Waals surface area contributed by atoms with Crippen LogP contribution in [-0.2, 0) is 0 Å². The van der Waals surface area contributed by atoms with Crippen LogP contribution in [0, 0.1) is 4.91 Å². The molecule has 0 fully saturated rings. The molecule has 0 spiro atoms. The molecule has 1 aliphatic carbocycles. The van der Waals surface area contributed by atoms with Gasteiger partial charge in [0, 0.05) is 0 Å². The van der Waals surface area contributed by atoms with Crippen LogP contribution in [0.1, 0.15) is 0 Å². The van der Waals surface area contributed by atoms with Crippen LogP contribution >= 0.6 is 0 Å². The van der Waals surface area contributed by atoms with Crippen molar-refractivity contribution in [3.8, 4) is 22.3 Å². The minimum absolute atomic E-state index is 0.485. The Morgan fingerprint density at radius 1 is 0.722 bits per heavy atom. The van der Waals surface area contributed by atoms with E-state index in [1.54, 1.807) is 6.07 Å². The minimum Gasteiger partial charge on any atom is -0.145 e. The second kappa shape index (κ2) is 3.26. The number of fused-ring (bicyclic) bond motifs is 3. The van der Waals surface area contributed by atoms with Crippen LogP contribution in [0.4, 0.5) is 5.69 Å². The van der Waals surface area contributed by atoms with E-state index < -0.39 is 0 Å². The van der Waals surface area contributed by atoms with Gasteiger partial charge in [0.2, 0.25) is 0 Å². The van der Waals surface area contributed by atoms with Gasteiger partial charge in [-0.2, -0.15) is 0 Å². The van der Waals surface area contributed by atoms with Gasteiger partial charge in [0.1, 0.15) is 5.69 Å². The molecule has 0 saturated heterocycles. The van der Waals surface area contributed by atoms with Crippen LogP contribution in [0.5, 0.6) is 0 Å². The van der Waals surface area contributed by atoms with Gasteiger partial charge in [0.15, 0.2) is 0 Å². The maximum atomic E-state index is 10.7. The third-order valence-corrected chi connectivity index (χ3v) is 3.59. The van der Waals surface area contributed by atoms with Gasteiger partial charge in [-0.3, -0.25) is 0 Å². The Morgan fingerprint density at radius 2 is 1.44 bits per heavy atom. The van der Waals surface area contributed by atoms with Crippen LogP contribution in [0.15, 0.2) is 59.8 Å². The van der Waals surface area contributed by atoms with Crippen molar-refractivity contribution in [2.75, 3.05) is 0 Å². The Balaban J connectivity index is 2.20. The predicted molar refractivity (Wildman–Crippen MR) is 73.8 cm³/mol. The minimum atomic E-state index is 0.485. The average Bonchev–Trinajstić information content (AvgIpc) is 2.76. The van der Waals surface area contributed by atoms with Crippen molar-refractivity contribution >= 4 is 16.5 Å². The summed E-state index contributed by atoms with van der Waals surface area (Å²) >= 11 is 0. The van der Waals surface area contributed by atoms with Gasteiger partial charge >= 0.3 is 0 Å². The zero-order chi connectivity index (χ0) is 12.1. The summed E-state index contributed by atoms with van der Waals surface area (Å²) in [4.78, 5) is 10.7. The largest absolute Gasteiger partial charge is 0.145 e. The van der Waals surface area contributed by atoms with E-state index in [9.17, 15) is 4.91 Å². The van der Waals surface area contributed by atoms with Gasteiger partial charge < -0.3 is 0 Å². The second-order valence-electron chi connectivity index (χ2n) is 4.53. The molecule has 3 aromatic rings. The standard InChI is InChI=1S/C16H9NO/c18-17-11-7-8-12-13-5-1-3-10-4-2-6-14(16(10)13)15(12)9-11/h1-9H. The van der Waals surface area contributed by atoms with Crippen LogP contribution in [0.2, 0.25) is 0 Å². The van der Waals surface area contributed by atoms with Crippen LogP contribution in [0.3, 0.4) is 0 Å². The number of rotatable bonds is 1. The Kier molecular flexibility index (Phi) is 1.73. The zero-order valence-corrected chi connectivity index (χ0v) is 9.55. The first-order valence-electron chi connectivity index (χ1n) is 5.88. The van der Waals surface area contributed by atoms with Crippen LogP contribution in [-0.4, -0.2) is 0 Å². The van der Waals surface area contributed by atoms with E-state index in [1.165, 1.54) is 27.5 Å². The molecule has 0 radical (unpaired) electrons. The molecule has 0 saturated carbocycles. The fourth-order valence-corrected chi connectivity index (χ4v) is 2.84. The molecular formula is C16H9NO. The zero-order valence-electron chi connectivity index (χ0n) is 9.55. The lowest BCUT2D eigenvalue weighted by molar-refractivity contribution is 1.50. The third kappa shape index (κ3) is 1.07. The van der Waals surface area contributed by atoms with Crippen molar-refractivity contribution < 1.29 is 0 Å². The highest BCUT2D eigenvalue weighted by Crippen LogP contribution is 2.47. The van der Waals surface area contributed by atoms with E-state index in [0.29, 0.717) is 5.69 Å². The molecule has 0 N–H and O–H groups in total. The molecule has 3 aromatic carbocycles. The van der Waals surface area contributed by atoms with E-state index in [2.05, 4.69) is 41.6 Å². The van der Waals surface area contributed by atoms with E-state index in [4.69, 9.17) is 0 Å². The maximum Gasteiger partial charge on any atom is 0.108 e. The van der Waals surface area contributed by atoms with Crippen molar-refractivity contribution in [3.05, 3.63) is 59.5 Å². The highest BCUT2D eigenvalue weighted by Gasteiger charge is 2.20. The third-order valence-electron chi connectivity index (χ3n) is 3.59. The van der Waals surface area contributed by atoms with Crippen LogP contribution < -0.4 is 0 Å². The summed E-state index contributed by atoms with van der Waals surface area (Å²) in [6.45, 7) is 0. The van der Waals surface area contributed by atoms with E-state index in [0.717, 1.165) is 5.56 Å². The first-order chi connectivity index (χ1) is 8.88. The fourth-order valence-electron chi connectivity index (χ4n) is 2.84. The summed E-state index contributed by atoms with van der Waals surface area (Å²) in [6.07, 6.45) is 0. The van der Waals surface area contributed by atoms with Crippen molar-refractivity contribution in [2.45, 2.75) is 0 Å². The summed E-state index contributed by atoms with van der Waals surface area (Å²) < 4.78 is 0. The molecule has 84 valence electrons. The molecule has 4 rings (SSSR count). The maximum absolute atomic E-state index is 10.7. The van der Waals surface area contributed by atoms with Crippen molar-refractivity contribution in [3.63, 3.8) is 0 Å². The molecule has 0 amide bonds. The molecule has 0 aromatic heterocycles. The molecule has 18 heavy (non-hydrogen) atoms. The lowest BCUT2D eigenvalue weighted by atomic mass is 10.0. The van der Waals surface area contributed by atoms with Gasteiger partial charge in [-0.05, 0) is 50.3 Å². The molecular weight excluding hydrogens is 222 g/mol. The average molecular weight is 231 g/mol.